The normalized spacial score (nSPS) is 19.1. The average molecular weight is 250 g/mol. The zero-order valence-electron chi connectivity index (χ0n) is 9.17. The van der Waals surface area contributed by atoms with Gasteiger partial charge in [0.1, 0.15) is 5.82 Å². The summed E-state index contributed by atoms with van der Waals surface area (Å²) in [5.74, 6) is 0.811. The van der Waals surface area contributed by atoms with Crippen LogP contribution in [-0.4, -0.2) is 19.6 Å². The molecule has 0 spiro atoms. The van der Waals surface area contributed by atoms with Crippen LogP contribution < -0.4 is 0 Å². The quantitative estimate of drug-likeness (QED) is 0.845. The number of halogens is 1. The van der Waals surface area contributed by atoms with Crippen LogP contribution in [0.3, 0.4) is 0 Å². The van der Waals surface area contributed by atoms with Crippen LogP contribution in [-0.2, 0) is 6.54 Å². The molecule has 0 amide bonds. The van der Waals surface area contributed by atoms with Crippen molar-refractivity contribution in [2.75, 3.05) is 0 Å². The molecule has 88 valence electrons. The topological polar surface area (TPSA) is 50.9 Å². The Kier molecular flexibility index (Phi) is 2.61. The van der Waals surface area contributed by atoms with Crippen molar-refractivity contribution in [3.05, 3.63) is 35.4 Å². The summed E-state index contributed by atoms with van der Waals surface area (Å²) in [6, 6.07) is 3.79. The number of pyridine rings is 1. The molecule has 0 radical (unpaired) electrons. The van der Waals surface area contributed by atoms with E-state index in [4.69, 9.17) is 11.6 Å². The SMILES string of the molecule is OC1CCCn2c(-c3ccncc3)nc(Cl)c21. The highest BCUT2D eigenvalue weighted by molar-refractivity contribution is 6.30. The smallest absolute Gasteiger partial charge is 0.153 e. The zero-order chi connectivity index (χ0) is 11.8. The van der Waals surface area contributed by atoms with E-state index in [1.54, 1.807) is 12.4 Å². The van der Waals surface area contributed by atoms with Gasteiger partial charge in [-0.05, 0) is 25.0 Å². The molecule has 17 heavy (non-hydrogen) atoms. The molecule has 2 aromatic heterocycles. The maximum absolute atomic E-state index is 9.94. The Labute approximate surface area is 104 Å². The predicted octanol–water partition coefficient (Wildman–Crippen LogP) is 2.43. The van der Waals surface area contributed by atoms with Gasteiger partial charge < -0.3 is 9.67 Å². The van der Waals surface area contributed by atoms with Gasteiger partial charge >= 0.3 is 0 Å². The van der Waals surface area contributed by atoms with E-state index in [0.29, 0.717) is 5.15 Å². The minimum Gasteiger partial charge on any atom is -0.387 e. The molecule has 1 aliphatic heterocycles. The van der Waals surface area contributed by atoms with Gasteiger partial charge in [-0.1, -0.05) is 11.6 Å². The molecule has 4 nitrogen and oxygen atoms in total. The fourth-order valence-electron chi connectivity index (χ4n) is 2.28. The van der Waals surface area contributed by atoms with Crippen molar-refractivity contribution in [2.24, 2.45) is 0 Å². The fourth-order valence-corrected chi connectivity index (χ4v) is 2.59. The Morgan fingerprint density at radius 1 is 1.35 bits per heavy atom. The van der Waals surface area contributed by atoms with Crippen LogP contribution in [0.2, 0.25) is 5.15 Å². The van der Waals surface area contributed by atoms with Crippen LogP contribution in [0.15, 0.2) is 24.5 Å². The summed E-state index contributed by atoms with van der Waals surface area (Å²) in [5, 5.41) is 10.4. The number of aromatic nitrogens is 3. The van der Waals surface area contributed by atoms with Crippen molar-refractivity contribution >= 4 is 11.6 Å². The van der Waals surface area contributed by atoms with E-state index in [1.807, 2.05) is 16.7 Å². The number of imidazole rings is 1. The lowest BCUT2D eigenvalue weighted by Gasteiger charge is -2.21. The number of hydrogen-bond acceptors (Lipinski definition) is 3. The molecule has 2 aromatic rings. The third-order valence-electron chi connectivity index (χ3n) is 3.08. The maximum atomic E-state index is 9.94. The van der Waals surface area contributed by atoms with Gasteiger partial charge in [0.2, 0.25) is 0 Å². The number of nitrogens with zero attached hydrogens (tertiary/aromatic N) is 3. The first kappa shape index (κ1) is 10.7. The molecule has 0 saturated carbocycles. The molecule has 0 aliphatic carbocycles. The lowest BCUT2D eigenvalue weighted by molar-refractivity contribution is 0.139. The molecule has 1 N–H and O–H groups in total. The fraction of sp³-hybridized carbons (Fsp3) is 0.333. The molecule has 1 aliphatic rings. The first-order chi connectivity index (χ1) is 8.27. The summed E-state index contributed by atoms with van der Waals surface area (Å²) in [6.45, 7) is 0.851. The van der Waals surface area contributed by atoms with Gasteiger partial charge in [0.05, 0.1) is 11.8 Å². The minimum atomic E-state index is -0.501. The van der Waals surface area contributed by atoms with E-state index in [9.17, 15) is 5.11 Å². The Morgan fingerprint density at radius 2 is 2.12 bits per heavy atom. The molecule has 3 rings (SSSR count). The molecule has 3 heterocycles. The summed E-state index contributed by atoms with van der Waals surface area (Å²) >= 11 is 6.10. The lowest BCUT2D eigenvalue weighted by Crippen LogP contribution is -2.15. The highest BCUT2D eigenvalue weighted by Crippen LogP contribution is 2.34. The highest BCUT2D eigenvalue weighted by Gasteiger charge is 2.26. The van der Waals surface area contributed by atoms with Crippen molar-refractivity contribution in [3.63, 3.8) is 0 Å². The summed E-state index contributed by atoms with van der Waals surface area (Å²) in [7, 11) is 0. The zero-order valence-corrected chi connectivity index (χ0v) is 9.93. The van der Waals surface area contributed by atoms with Crippen molar-refractivity contribution < 1.29 is 5.11 Å². The molecular formula is C12H12ClN3O. The maximum Gasteiger partial charge on any atom is 0.153 e. The van der Waals surface area contributed by atoms with Gasteiger partial charge in [-0.15, -0.1) is 0 Å². The minimum absolute atomic E-state index is 0.406. The van der Waals surface area contributed by atoms with Crippen molar-refractivity contribution in [3.8, 4) is 11.4 Å². The highest BCUT2D eigenvalue weighted by atomic mass is 35.5. The van der Waals surface area contributed by atoms with Crippen LogP contribution in [0.4, 0.5) is 0 Å². The number of hydrogen-bond donors (Lipinski definition) is 1. The van der Waals surface area contributed by atoms with Crippen LogP contribution in [0.25, 0.3) is 11.4 Å². The van der Waals surface area contributed by atoms with Crippen molar-refractivity contribution in [2.45, 2.75) is 25.5 Å². The number of aliphatic hydroxyl groups is 1. The first-order valence-corrected chi connectivity index (χ1v) is 5.99. The van der Waals surface area contributed by atoms with Crippen molar-refractivity contribution in [1.29, 1.82) is 0 Å². The Morgan fingerprint density at radius 3 is 2.88 bits per heavy atom. The second kappa shape index (κ2) is 4.13. The molecule has 0 fully saturated rings. The lowest BCUT2D eigenvalue weighted by atomic mass is 10.1. The van der Waals surface area contributed by atoms with Gasteiger partial charge in [-0.3, -0.25) is 4.98 Å². The Bertz CT molecular complexity index is 538. The van der Waals surface area contributed by atoms with Crippen LogP contribution in [0.5, 0.6) is 0 Å². The molecule has 0 saturated heterocycles. The van der Waals surface area contributed by atoms with Gasteiger partial charge in [0.25, 0.3) is 0 Å². The molecule has 0 bridgehead atoms. The van der Waals surface area contributed by atoms with E-state index in [2.05, 4.69) is 9.97 Å². The Hall–Kier alpha value is -1.39. The number of fused-ring (bicyclic) bond motifs is 1. The van der Waals surface area contributed by atoms with E-state index in [-0.39, 0.29) is 0 Å². The van der Waals surface area contributed by atoms with Crippen LogP contribution in [0.1, 0.15) is 24.6 Å². The summed E-state index contributed by atoms with van der Waals surface area (Å²) in [6.07, 6.45) is 4.65. The predicted molar refractivity (Wildman–Crippen MR) is 64.7 cm³/mol. The van der Waals surface area contributed by atoms with Gasteiger partial charge in [-0.2, -0.15) is 0 Å². The third kappa shape index (κ3) is 1.73. The second-order valence-electron chi connectivity index (χ2n) is 4.16. The Balaban J connectivity index is 2.17. The monoisotopic (exact) mass is 249 g/mol. The van der Waals surface area contributed by atoms with Crippen LogP contribution in [0, 0.1) is 0 Å². The standard InChI is InChI=1S/C12H12ClN3O/c13-11-10-9(17)2-1-7-16(10)12(15-11)8-3-5-14-6-4-8/h3-6,9,17H,1-2,7H2. The number of aliphatic hydroxyl groups excluding tert-OH is 1. The van der Waals surface area contributed by atoms with Crippen LogP contribution >= 0.6 is 11.6 Å². The van der Waals surface area contributed by atoms with Gasteiger partial charge in [-0.25, -0.2) is 4.98 Å². The summed E-state index contributed by atoms with van der Waals surface area (Å²) in [4.78, 5) is 8.34. The summed E-state index contributed by atoms with van der Waals surface area (Å²) in [5.41, 5.74) is 1.71. The third-order valence-corrected chi connectivity index (χ3v) is 3.35. The average Bonchev–Trinajstić information content (AvgIpc) is 2.69. The molecule has 0 aromatic carbocycles. The largest absolute Gasteiger partial charge is 0.387 e. The van der Waals surface area contributed by atoms with Crippen molar-refractivity contribution in [1.82, 2.24) is 14.5 Å². The number of rotatable bonds is 1. The second-order valence-corrected chi connectivity index (χ2v) is 4.52. The van der Waals surface area contributed by atoms with E-state index < -0.39 is 6.10 Å². The molecule has 1 atom stereocenters. The molecular weight excluding hydrogens is 238 g/mol. The van der Waals surface area contributed by atoms with E-state index >= 15 is 0 Å². The summed E-state index contributed by atoms with van der Waals surface area (Å²) < 4.78 is 2.01. The molecule has 5 heteroatoms. The van der Waals surface area contributed by atoms with E-state index in [1.165, 1.54) is 0 Å². The van der Waals surface area contributed by atoms with Gasteiger partial charge in [0, 0.05) is 24.5 Å². The van der Waals surface area contributed by atoms with Gasteiger partial charge in [0.15, 0.2) is 5.15 Å². The molecule has 1 unspecified atom stereocenters. The first-order valence-electron chi connectivity index (χ1n) is 5.62. The van der Waals surface area contributed by atoms with E-state index in [0.717, 1.165) is 36.5 Å².